The quantitative estimate of drug-likeness (QED) is 0.611. The summed E-state index contributed by atoms with van der Waals surface area (Å²) in [5, 5.41) is 0. The molecule has 0 aliphatic rings. The molecule has 0 unspecified atom stereocenters. The molecule has 0 aromatic heterocycles. The van der Waals surface area contributed by atoms with Crippen LogP contribution in [0.4, 0.5) is 0 Å². The van der Waals surface area contributed by atoms with E-state index >= 15 is 0 Å². The van der Waals surface area contributed by atoms with Gasteiger partial charge in [0.05, 0.1) is 0 Å². The number of rotatable bonds is 2. The van der Waals surface area contributed by atoms with Gasteiger partial charge in [0.2, 0.25) is 6.71 Å². The zero-order valence-corrected chi connectivity index (χ0v) is 8.20. The van der Waals surface area contributed by atoms with E-state index in [-0.39, 0.29) is 0 Å². The molecule has 0 spiro atoms. The van der Waals surface area contributed by atoms with E-state index in [1.54, 1.807) is 0 Å². The smallest absolute Gasteiger partial charge is 0.0767 e. The molecule has 0 fully saturated rings. The normalized spacial score (nSPS) is 9.21. The average Bonchev–Trinajstić information content (AvgIpc) is 2.30. The van der Waals surface area contributed by atoms with E-state index in [2.05, 4.69) is 49.3 Å². The van der Waals surface area contributed by atoms with Crippen molar-refractivity contribution in [3.63, 3.8) is 0 Å². The molecule has 2 aromatic rings. The van der Waals surface area contributed by atoms with Gasteiger partial charge in [-0.25, -0.2) is 0 Å². The maximum Gasteiger partial charge on any atom is 0.217 e. The molecule has 0 atom stereocenters. The molecule has 2 rings (SSSR count). The zero-order valence-electron chi connectivity index (χ0n) is 8.20. The summed E-state index contributed by atoms with van der Waals surface area (Å²) in [6, 6.07) is 22.6. The number of benzene rings is 1. The maximum absolute atomic E-state index is 3.14. The summed E-state index contributed by atoms with van der Waals surface area (Å²) in [7, 11) is 0. The van der Waals surface area contributed by atoms with Crippen LogP contribution in [0.1, 0.15) is 0 Å². The van der Waals surface area contributed by atoms with Crippen molar-refractivity contribution in [1.29, 1.82) is 0 Å². The lowest BCUT2D eigenvalue weighted by atomic mass is 9.43. The first-order valence-corrected chi connectivity index (χ1v) is 4.81. The molecule has 0 saturated heterocycles. The highest BCUT2D eigenvalue weighted by Gasteiger charge is 2.11. The number of hydrogen-bond acceptors (Lipinski definition) is 0. The first-order valence-electron chi connectivity index (χ1n) is 4.81. The molecule has 1 heteroatoms. The fourth-order valence-electron chi connectivity index (χ4n) is 1.54. The van der Waals surface area contributed by atoms with Crippen LogP contribution in [0.25, 0.3) is 0 Å². The Kier molecular flexibility index (Phi) is 2.56. The highest BCUT2D eigenvalue weighted by Crippen LogP contribution is 1.89. The van der Waals surface area contributed by atoms with Crippen LogP contribution >= 0.6 is 0 Å². The Morgan fingerprint density at radius 2 is 1.79 bits per heavy atom. The van der Waals surface area contributed by atoms with Gasteiger partial charge in [-0.05, 0) is 11.5 Å². The van der Waals surface area contributed by atoms with E-state index in [4.69, 9.17) is 0 Å². The summed E-state index contributed by atoms with van der Waals surface area (Å²) in [6.45, 7) is 2.59. The summed E-state index contributed by atoms with van der Waals surface area (Å²) in [4.78, 5) is 0. The SMILES string of the molecule is CB(c1c#cccc1)c1ccccc1. The second-order valence-corrected chi connectivity index (χ2v) is 3.38. The van der Waals surface area contributed by atoms with Gasteiger partial charge in [-0.3, -0.25) is 0 Å². The predicted octanol–water partition coefficient (Wildman–Crippen LogP) is 1.53. The molecule has 66 valence electrons. The van der Waals surface area contributed by atoms with Crippen LogP contribution in [-0.2, 0) is 0 Å². The van der Waals surface area contributed by atoms with E-state index in [1.165, 1.54) is 10.9 Å². The van der Waals surface area contributed by atoms with Crippen LogP contribution in [0, 0.1) is 12.1 Å². The first kappa shape index (κ1) is 8.90. The second kappa shape index (κ2) is 4.02. The Morgan fingerprint density at radius 3 is 2.43 bits per heavy atom. The van der Waals surface area contributed by atoms with Gasteiger partial charge in [0.15, 0.2) is 0 Å². The van der Waals surface area contributed by atoms with Crippen molar-refractivity contribution >= 4 is 17.6 Å². The monoisotopic (exact) mass is 178 g/mol. The Bertz CT molecular complexity index is 341. The minimum atomic E-state index is 0.397. The van der Waals surface area contributed by atoms with Crippen LogP contribution in [0.5, 0.6) is 0 Å². The second-order valence-electron chi connectivity index (χ2n) is 3.38. The lowest BCUT2D eigenvalue weighted by Gasteiger charge is -2.05. The van der Waals surface area contributed by atoms with E-state index in [0.717, 1.165) is 0 Å². The molecule has 0 nitrogen and oxygen atoms in total. The van der Waals surface area contributed by atoms with Crippen molar-refractivity contribution in [2.45, 2.75) is 6.82 Å². The first-order chi connectivity index (χ1) is 6.88. The van der Waals surface area contributed by atoms with Gasteiger partial charge in [-0.1, -0.05) is 66.9 Å². The molecule has 0 amide bonds. The highest BCUT2D eigenvalue weighted by molar-refractivity contribution is 6.83. The fourth-order valence-corrected chi connectivity index (χ4v) is 1.54. The summed E-state index contributed by atoms with van der Waals surface area (Å²) in [6.07, 6.45) is 0. The van der Waals surface area contributed by atoms with Gasteiger partial charge >= 0.3 is 0 Å². The largest absolute Gasteiger partial charge is 0.217 e. The lowest BCUT2D eigenvalue weighted by molar-refractivity contribution is 1.74. The lowest BCUT2D eigenvalue weighted by Crippen LogP contribution is -2.38. The summed E-state index contributed by atoms with van der Waals surface area (Å²) in [5.74, 6) is 0. The molecular weight excluding hydrogens is 167 g/mol. The molecule has 0 bridgehead atoms. The van der Waals surface area contributed by atoms with Crippen molar-refractivity contribution in [2.24, 2.45) is 0 Å². The minimum absolute atomic E-state index is 0.397. The molecule has 0 aliphatic carbocycles. The Morgan fingerprint density at radius 1 is 1.00 bits per heavy atom. The van der Waals surface area contributed by atoms with Gasteiger partial charge in [0.25, 0.3) is 0 Å². The van der Waals surface area contributed by atoms with Gasteiger partial charge in [-0.15, -0.1) is 0 Å². The van der Waals surface area contributed by atoms with Crippen molar-refractivity contribution in [3.05, 3.63) is 60.7 Å². The average molecular weight is 178 g/mol. The Balaban J connectivity index is 2.30. The van der Waals surface area contributed by atoms with E-state index in [0.29, 0.717) is 6.71 Å². The van der Waals surface area contributed by atoms with Crippen LogP contribution in [0.3, 0.4) is 0 Å². The van der Waals surface area contributed by atoms with Crippen LogP contribution in [0.15, 0.2) is 48.5 Å². The van der Waals surface area contributed by atoms with Crippen molar-refractivity contribution in [1.82, 2.24) is 0 Å². The van der Waals surface area contributed by atoms with Gasteiger partial charge in [0.1, 0.15) is 0 Å². The molecule has 0 heterocycles. The Labute approximate surface area is 85.7 Å². The molecule has 0 aliphatic heterocycles. The van der Waals surface area contributed by atoms with E-state index in [1.807, 2.05) is 18.2 Å². The molecule has 2 aromatic carbocycles. The van der Waals surface area contributed by atoms with Crippen molar-refractivity contribution < 1.29 is 0 Å². The van der Waals surface area contributed by atoms with Crippen LogP contribution in [-0.4, -0.2) is 6.71 Å². The van der Waals surface area contributed by atoms with Gasteiger partial charge < -0.3 is 0 Å². The molecule has 0 radical (unpaired) electrons. The third-order valence-electron chi connectivity index (χ3n) is 2.44. The summed E-state index contributed by atoms with van der Waals surface area (Å²) >= 11 is 0. The Hall–Kier alpha value is -1.68. The van der Waals surface area contributed by atoms with Crippen molar-refractivity contribution in [3.8, 4) is 0 Å². The predicted molar refractivity (Wildman–Crippen MR) is 61.4 cm³/mol. The summed E-state index contributed by atoms with van der Waals surface area (Å²) < 4.78 is 0. The third-order valence-corrected chi connectivity index (χ3v) is 2.44. The van der Waals surface area contributed by atoms with Crippen LogP contribution in [0.2, 0.25) is 6.82 Å². The zero-order chi connectivity index (χ0) is 9.80. The fraction of sp³-hybridized carbons (Fsp3) is 0.0769. The highest BCUT2D eigenvalue weighted by atomic mass is 13.9. The standard InChI is InChI=1S/C13H11B/c1-14(12-8-4-2-5-9-12)13-10-6-3-7-11-13/h2-6,8-10H,1H3. The van der Waals surface area contributed by atoms with E-state index in [9.17, 15) is 0 Å². The molecule has 0 N–H and O–H groups in total. The van der Waals surface area contributed by atoms with Gasteiger partial charge in [0, 0.05) is 0 Å². The molecular formula is C13H11B. The maximum atomic E-state index is 3.14. The topological polar surface area (TPSA) is 0 Å². The number of hydrogen-bond donors (Lipinski definition) is 0. The van der Waals surface area contributed by atoms with Crippen LogP contribution < -0.4 is 10.9 Å². The third kappa shape index (κ3) is 1.80. The molecule has 14 heavy (non-hydrogen) atoms. The van der Waals surface area contributed by atoms with Gasteiger partial charge in [-0.2, -0.15) is 0 Å². The van der Waals surface area contributed by atoms with Crippen molar-refractivity contribution in [2.75, 3.05) is 0 Å². The molecule has 0 saturated carbocycles. The summed E-state index contributed by atoms with van der Waals surface area (Å²) in [5.41, 5.74) is 2.52. The minimum Gasteiger partial charge on any atom is -0.0767 e. The van der Waals surface area contributed by atoms with E-state index < -0.39 is 0 Å².